The number of aliphatic hydroxyl groups excluding tert-OH is 2. The molecule has 0 aliphatic heterocycles. The minimum atomic E-state index is -0.844. The molecule has 81 heavy (non-hydrogen) atoms. The Bertz CT molecular complexity index is 1310. The first kappa shape index (κ1) is 79.1. The molecule has 0 aromatic rings. The van der Waals surface area contributed by atoms with Crippen molar-refractivity contribution in [2.24, 2.45) is 0 Å². The Morgan fingerprint density at radius 1 is 0.346 bits per heavy atom. The minimum Gasteiger partial charge on any atom is -0.466 e. The van der Waals surface area contributed by atoms with E-state index >= 15 is 0 Å². The van der Waals surface area contributed by atoms with Crippen LogP contribution in [0.4, 0.5) is 0 Å². The molecule has 0 heterocycles. The summed E-state index contributed by atoms with van der Waals surface area (Å²) in [7, 11) is 0. The van der Waals surface area contributed by atoms with E-state index in [1.165, 1.54) is 327 Å². The predicted molar refractivity (Wildman–Crippen MR) is 356 cm³/mol. The molecule has 2 unspecified atom stereocenters. The van der Waals surface area contributed by atoms with E-state index in [-0.39, 0.29) is 18.5 Å². The van der Waals surface area contributed by atoms with Gasteiger partial charge in [0.05, 0.1) is 25.4 Å². The minimum absolute atomic E-state index is 0.00353. The van der Waals surface area contributed by atoms with Gasteiger partial charge >= 0.3 is 5.97 Å². The molecule has 0 radical (unpaired) electrons. The topological polar surface area (TPSA) is 95.9 Å². The number of ether oxygens (including phenoxy) is 1. The summed E-state index contributed by atoms with van der Waals surface area (Å²) in [6, 6.07) is -0.627. The number of hydrogen-bond donors (Lipinski definition) is 3. The maximum Gasteiger partial charge on any atom is 0.305 e. The summed E-state index contributed by atoms with van der Waals surface area (Å²) in [6.45, 7) is 4.87. The van der Waals surface area contributed by atoms with Crippen LogP contribution >= 0.6 is 0 Å². The van der Waals surface area contributed by atoms with Crippen LogP contribution in [0.1, 0.15) is 406 Å². The number of esters is 1. The third kappa shape index (κ3) is 67.1. The van der Waals surface area contributed by atoms with Gasteiger partial charge in [0.15, 0.2) is 0 Å². The number of rotatable bonds is 69. The highest BCUT2D eigenvalue weighted by Crippen LogP contribution is 2.19. The van der Waals surface area contributed by atoms with E-state index in [0.29, 0.717) is 19.4 Å². The summed E-state index contributed by atoms with van der Waals surface area (Å²) < 4.78 is 5.48. The molecule has 0 aromatic carbocycles. The molecule has 0 rings (SSSR count). The normalized spacial score (nSPS) is 12.7. The Morgan fingerprint density at radius 3 is 0.988 bits per heavy atom. The fourth-order valence-electron chi connectivity index (χ4n) is 11.6. The van der Waals surface area contributed by atoms with Crippen LogP contribution in [0.5, 0.6) is 0 Å². The first-order valence-corrected chi connectivity index (χ1v) is 36.8. The third-order valence-corrected chi connectivity index (χ3v) is 17.1. The zero-order chi connectivity index (χ0) is 58.5. The maximum atomic E-state index is 12.5. The molecule has 0 aliphatic carbocycles. The number of nitrogens with one attached hydrogen (secondary N) is 1. The number of aliphatic hydroxyl groups is 2. The van der Waals surface area contributed by atoms with Crippen molar-refractivity contribution < 1.29 is 24.5 Å². The average molecular weight is 1140 g/mol. The summed E-state index contributed by atoms with van der Waals surface area (Å²) >= 11 is 0. The Hall–Kier alpha value is -1.92. The summed E-state index contributed by atoms with van der Waals surface area (Å²) in [5.74, 6) is -0.0571. The van der Waals surface area contributed by atoms with Gasteiger partial charge in [0.25, 0.3) is 0 Å². The molecule has 6 nitrogen and oxygen atoms in total. The lowest BCUT2D eigenvalue weighted by atomic mass is 10.0. The van der Waals surface area contributed by atoms with Crippen LogP contribution in [-0.4, -0.2) is 47.4 Å². The van der Waals surface area contributed by atoms with E-state index in [0.717, 1.165) is 51.4 Å². The molecule has 0 fully saturated rings. The summed E-state index contributed by atoms with van der Waals surface area (Å²) in [6.07, 6.45) is 91.0. The van der Waals surface area contributed by atoms with Gasteiger partial charge in [-0.1, -0.05) is 371 Å². The van der Waals surface area contributed by atoms with E-state index in [1.54, 1.807) is 6.08 Å². The number of amides is 1. The Labute approximate surface area is 506 Å². The summed E-state index contributed by atoms with van der Waals surface area (Å²) in [4.78, 5) is 24.6. The molecule has 478 valence electrons. The second-order valence-electron chi connectivity index (χ2n) is 25.3. The van der Waals surface area contributed by atoms with Gasteiger partial charge in [-0.25, -0.2) is 0 Å². The van der Waals surface area contributed by atoms with Gasteiger partial charge in [-0.05, 0) is 57.8 Å². The summed E-state index contributed by atoms with van der Waals surface area (Å²) in [5, 5.41) is 23.3. The number of carbonyl (C=O) groups excluding carboxylic acids is 2. The summed E-state index contributed by atoms with van der Waals surface area (Å²) in [5.41, 5.74) is 0. The van der Waals surface area contributed by atoms with Gasteiger partial charge in [-0.3, -0.25) is 9.59 Å². The molecule has 0 saturated carbocycles. The third-order valence-electron chi connectivity index (χ3n) is 17.1. The number of unbranched alkanes of at least 4 members (excludes halogenated alkanes) is 54. The van der Waals surface area contributed by atoms with Gasteiger partial charge in [-0.2, -0.15) is 0 Å². The number of hydrogen-bond acceptors (Lipinski definition) is 5. The van der Waals surface area contributed by atoms with Crippen molar-refractivity contribution in [2.45, 2.75) is 418 Å². The SMILES string of the molecule is CCC/C=C\C/C=C\CCCCCCCC(=O)OCCCCCCCCCCCCCCCCCCCCCCCCCCCCCCC(=O)NC(CO)C(O)/C=C/CCCCCCCCCCCCCCCCCCCCCCC. The number of carbonyl (C=O) groups is 2. The molecule has 6 heteroatoms. The molecular formula is C75H143NO5. The van der Waals surface area contributed by atoms with Crippen molar-refractivity contribution in [1.29, 1.82) is 0 Å². The predicted octanol–water partition coefficient (Wildman–Crippen LogP) is 23.9. The molecule has 0 spiro atoms. The Morgan fingerprint density at radius 2 is 0.642 bits per heavy atom. The molecule has 3 N–H and O–H groups in total. The molecule has 0 aromatic heterocycles. The van der Waals surface area contributed by atoms with E-state index in [9.17, 15) is 19.8 Å². The Kier molecular flexibility index (Phi) is 68.9. The Balaban J connectivity index is 3.38. The quantitative estimate of drug-likeness (QED) is 0.0320. The standard InChI is InChI=1S/C75H143NO5/c1-3-5-7-9-11-13-15-17-18-19-20-21-28-31-34-37-40-44-47-51-55-59-63-67-73(78)72(71-77)76-74(79)68-64-60-56-52-48-45-41-38-35-32-29-26-24-22-23-25-27-30-33-36-39-42-46-50-54-58-62-66-70-81-75(80)69-65-61-57-53-49-43-16-14-12-10-8-6-4-2/h8,10,14,16,63,67,72-73,77-78H,3-7,9,11-13,15,17-62,64-66,68-71H2,1-2H3,(H,76,79)/b10-8-,16-14-,67-63+. The van der Waals surface area contributed by atoms with Crippen molar-refractivity contribution >= 4 is 11.9 Å². The monoisotopic (exact) mass is 1140 g/mol. The highest BCUT2D eigenvalue weighted by atomic mass is 16.5. The van der Waals surface area contributed by atoms with Gasteiger partial charge in [0, 0.05) is 12.8 Å². The lowest BCUT2D eigenvalue weighted by Gasteiger charge is -2.20. The van der Waals surface area contributed by atoms with Gasteiger partial charge in [0.2, 0.25) is 5.91 Å². The second kappa shape index (κ2) is 70.6. The largest absolute Gasteiger partial charge is 0.466 e. The first-order chi connectivity index (χ1) is 40.0. The second-order valence-corrected chi connectivity index (χ2v) is 25.3. The van der Waals surface area contributed by atoms with Crippen molar-refractivity contribution in [3.8, 4) is 0 Å². The fraction of sp³-hybridized carbons (Fsp3) is 0.893. The van der Waals surface area contributed by atoms with Crippen LogP contribution in [-0.2, 0) is 14.3 Å². The van der Waals surface area contributed by atoms with Crippen molar-refractivity contribution in [2.75, 3.05) is 13.2 Å². The van der Waals surface area contributed by atoms with Gasteiger partial charge in [0.1, 0.15) is 0 Å². The van der Waals surface area contributed by atoms with Crippen molar-refractivity contribution in [3.05, 3.63) is 36.5 Å². The van der Waals surface area contributed by atoms with Crippen molar-refractivity contribution in [3.63, 3.8) is 0 Å². The maximum absolute atomic E-state index is 12.5. The van der Waals surface area contributed by atoms with Gasteiger partial charge in [-0.15, -0.1) is 0 Å². The average Bonchev–Trinajstić information content (AvgIpc) is 3.47. The van der Waals surface area contributed by atoms with E-state index < -0.39 is 12.1 Å². The zero-order valence-electron chi connectivity index (χ0n) is 54.8. The molecule has 2 atom stereocenters. The van der Waals surface area contributed by atoms with Crippen LogP contribution < -0.4 is 5.32 Å². The smallest absolute Gasteiger partial charge is 0.305 e. The van der Waals surface area contributed by atoms with E-state index in [1.807, 2.05) is 6.08 Å². The van der Waals surface area contributed by atoms with Crippen LogP contribution in [0, 0.1) is 0 Å². The number of allylic oxidation sites excluding steroid dienone is 5. The van der Waals surface area contributed by atoms with Crippen LogP contribution in [0.2, 0.25) is 0 Å². The molecule has 0 saturated heterocycles. The zero-order valence-corrected chi connectivity index (χ0v) is 54.8. The molecule has 0 aliphatic rings. The van der Waals surface area contributed by atoms with Crippen LogP contribution in [0.15, 0.2) is 36.5 Å². The van der Waals surface area contributed by atoms with E-state index in [2.05, 4.69) is 43.5 Å². The van der Waals surface area contributed by atoms with Crippen molar-refractivity contribution in [1.82, 2.24) is 5.32 Å². The molecule has 1 amide bonds. The van der Waals surface area contributed by atoms with Crippen LogP contribution in [0.3, 0.4) is 0 Å². The highest BCUT2D eigenvalue weighted by Gasteiger charge is 2.18. The lowest BCUT2D eigenvalue weighted by molar-refractivity contribution is -0.143. The molecular weight excluding hydrogens is 995 g/mol. The first-order valence-electron chi connectivity index (χ1n) is 36.8. The van der Waals surface area contributed by atoms with E-state index in [4.69, 9.17) is 4.74 Å². The fourth-order valence-corrected chi connectivity index (χ4v) is 11.6. The molecule has 0 bridgehead atoms. The van der Waals surface area contributed by atoms with Crippen LogP contribution in [0.25, 0.3) is 0 Å². The lowest BCUT2D eigenvalue weighted by Crippen LogP contribution is -2.45. The highest BCUT2D eigenvalue weighted by molar-refractivity contribution is 5.76. The van der Waals surface area contributed by atoms with Gasteiger partial charge < -0.3 is 20.3 Å².